The molecule has 1 aliphatic heterocycles. The zero-order valence-corrected chi connectivity index (χ0v) is 14.4. The van der Waals surface area contributed by atoms with Crippen molar-refractivity contribution in [3.8, 4) is 11.5 Å². The van der Waals surface area contributed by atoms with E-state index in [1.807, 2.05) is 19.1 Å². The first-order valence-corrected chi connectivity index (χ1v) is 8.55. The largest absolute Gasteiger partial charge is 0.496 e. The summed E-state index contributed by atoms with van der Waals surface area (Å²) in [5.74, 6) is 1.29. The average molecular weight is 340 g/mol. The van der Waals surface area contributed by atoms with E-state index >= 15 is 0 Å². The number of benzene rings is 2. The maximum Gasteiger partial charge on any atom is 0.124 e. The zero-order valence-electron chi connectivity index (χ0n) is 14.4. The van der Waals surface area contributed by atoms with Crippen molar-refractivity contribution in [2.24, 2.45) is 0 Å². The third kappa shape index (κ3) is 2.74. The highest BCUT2D eigenvalue weighted by molar-refractivity contribution is 5.86. The Morgan fingerprint density at radius 3 is 2.88 bits per heavy atom. The number of hydrogen-bond donors (Lipinski definition) is 2. The van der Waals surface area contributed by atoms with Crippen LogP contribution in [-0.4, -0.2) is 25.2 Å². The first-order valence-electron chi connectivity index (χ1n) is 8.55. The van der Waals surface area contributed by atoms with E-state index in [9.17, 15) is 4.39 Å². The first-order chi connectivity index (χ1) is 12.2. The molecule has 0 fully saturated rings. The molecule has 25 heavy (non-hydrogen) atoms. The van der Waals surface area contributed by atoms with Gasteiger partial charge in [0.25, 0.3) is 0 Å². The SMILES string of the molecule is CCOc1ccc2[nH]c3c(c2c1)CCNC3c1cc(F)ccc1OC. The molecule has 0 radical (unpaired) electrons. The molecule has 1 unspecified atom stereocenters. The smallest absolute Gasteiger partial charge is 0.124 e. The Balaban J connectivity index is 1.85. The molecule has 1 aliphatic rings. The van der Waals surface area contributed by atoms with Gasteiger partial charge in [-0.3, -0.25) is 0 Å². The van der Waals surface area contributed by atoms with Crippen LogP contribution in [0.4, 0.5) is 4.39 Å². The molecule has 0 amide bonds. The molecule has 2 N–H and O–H groups in total. The maximum atomic E-state index is 13.8. The number of aromatic nitrogens is 1. The summed E-state index contributed by atoms with van der Waals surface area (Å²) in [5, 5.41) is 4.65. The average Bonchev–Trinajstić information content (AvgIpc) is 3.00. The summed E-state index contributed by atoms with van der Waals surface area (Å²) in [6.07, 6.45) is 0.916. The molecule has 0 bridgehead atoms. The Morgan fingerprint density at radius 2 is 2.08 bits per heavy atom. The lowest BCUT2D eigenvalue weighted by molar-refractivity contribution is 0.340. The topological polar surface area (TPSA) is 46.3 Å². The fraction of sp³-hybridized carbons (Fsp3) is 0.300. The van der Waals surface area contributed by atoms with Gasteiger partial charge in [0.1, 0.15) is 17.3 Å². The predicted molar refractivity (Wildman–Crippen MR) is 96.0 cm³/mol. The van der Waals surface area contributed by atoms with Gasteiger partial charge in [-0.05, 0) is 55.3 Å². The molecule has 0 spiro atoms. The predicted octanol–water partition coefficient (Wildman–Crippen LogP) is 3.95. The fourth-order valence-corrected chi connectivity index (χ4v) is 3.66. The molecule has 5 heteroatoms. The van der Waals surface area contributed by atoms with Gasteiger partial charge >= 0.3 is 0 Å². The van der Waals surface area contributed by atoms with Crippen molar-refractivity contribution in [3.63, 3.8) is 0 Å². The molecule has 4 nitrogen and oxygen atoms in total. The van der Waals surface area contributed by atoms with Gasteiger partial charge in [-0.25, -0.2) is 4.39 Å². The second kappa shape index (κ2) is 6.41. The molecule has 3 aromatic rings. The van der Waals surface area contributed by atoms with Gasteiger partial charge in [-0.15, -0.1) is 0 Å². The van der Waals surface area contributed by atoms with Crippen LogP contribution in [0.1, 0.15) is 29.8 Å². The van der Waals surface area contributed by atoms with Gasteiger partial charge in [-0.2, -0.15) is 0 Å². The Labute approximate surface area is 146 Å². The molecule has 0 aliphatic carbocycles. The van der Waals surface area contributed by atoms with Crippen molar-refractivity contribution < 1.29 is 13.9 Å². The molecule has 130 valence electrons. The van der Waals surface area contributed by atoms with Crippen molar-refractivity contribution in [1.82, 2.24) is 10.3 Å². The molecule has 4 rings (SSSR count). The molecular weight excluding hydrogens is 319 g/mol. The van der Waals surface area contributed by atoms with Crippen LogP contribution < -0.4 is 14.8 Å². The van der Waals surface area contributed by atoms with Crippen LogP contribution in [0.15, 0.2) is 36.4 Å². The molecular formula is C20H21FN2O2. The Morgan fingerprint density at radius 1 is 1.20 bits per heavy atom. The number of hydrogen-bond acceptors (Lipinski definition) is 3. The van der Waals surface area contributed by atoms with Crippen LogP contribution in [0, 0.1) is 5.82 Å². The number of rotatable bonds is 4. The summed E-state index contributed by atoms with van der Waals surface area (Å²) in [7, 11) is 1.61. The van der Waals surface area contributed by atoms with Crippen molar-refractivity contribution >= 4 is 10.9 Å². The van der Waals surface area contributed by atoms with Crippen molar-refractivity contribution in [3.05, 3.63) is 59.0 Å². The Kier molecular flexibility index (Phi) is 4.09. The molecule has 0 saturated carbocycles. The van der Waals surface area contributed by atoms with Gasteiger partial charge in [0.05, 0.1) is 19.8 Å². The van der Waals surface area contributed by atoms with Crippen LogP contribution in [0.25, 0.3) is 10.9 Å². The number of ether oxygens (including phenoxy) is 2. The van der Waals surface area contributed by atoms with E-state index < -0.39 is 0 Å². The summed E-state index contributed by atoms with van der Waals surface area (Å²) in [6.45, 7) is 3.44. The van der Waals surface area contributed by atoms with Crippen LogP contribution in [-0.2, 0) is 6.42 Å². The molecule has 0 saturated heterocycles. The minimum atomic E-state index is -0.264. The third-order valence-corrected chi connectivity index (χ3v) is 4.74. The molecule has 1 atom stereocenters. The summed E-state index contributed by atoms with van der Waals surface area (Å²) in [5.41, 5.74) is 4.20. The van der Waals surface area contributed by atoms with Crippen LogP contribution in [0.5, 0.6) is 11.5 Å². The highest BCUT2D eigenvalue weighted by atomic mass is 19.1. The lowest BCUT2D eigenvalue weighted by Gasteiger charge is -2.26. The Bertz CT molecular complexity index is 919. The van der Waals surface area contributed by atoms with E-state index in [1.54, 1.807) is 19.2 Å². The van der Waals surface area contributed by atoms with Gasteiger partial charge in [0.15, 0.2) is 0 Å². The van der Waals surface area contributed by atoms with Crippen LogP contribution >= 0.6 is 0 Å². The summed E-state index contributed by atoms with van der Waals surface area (Å²) >= 11 is 0. The number of H-pyrrole nitrogens is 1. The minimum Gasteiger partial charge on any atom is -0.496 e. The zero-order chi connectivity index (χ0) is 17.4. The van der Waals surface area contributed by atoms with E-state index in [2.05, 4.69) is 16.4 Å². The number of halogens is 1. The minimum absolute atomic E-state index is 0.127. The summed E-state index contributed by atoms with van der Waals surface area (Å²) < 4.78 is 24.9. The van der Waals surface area contributed by atoms with Crippen molar-refractivity contribution in [2.75, 3.05) is 20.3 Å². The lowest BCUT2D eigenvalue weighted by Crippen LogP contribution is -2.30. The van der Waals surface area contributed by atoms with Gasteiger partial charge < -0.3 is 19.8 Å². The van der Waals surface area contributed by atoms with Crippen LogP contribution in [0.2, 0.25) is 0 Å². The number of methoxy groups -OCH3 is 1. The molecule has 1 aromatic heterocycles. The van der Waals surface area contributed by atoms with Crippen molar-refractivity contribution in [2.45, 2.75) is 19.4 Å². The lowest BCUT2D eigenvalue weighted by atomic mass is 9.93. The first kappa shape index (κ1) is 16.0. The number of nitrogens with one attached hydrogen (secondary N) is 2. The van der Waals surface area contributed by atoms with Gasteiger partial charge in [-0.1, -0.05) is 0 Å². The van der Waals surface area contributed by atoms with Gasteiger partial charge in [0.2, 0.25) is 0 Å². The quantitative estimate of drug-likeness (QED) is 0.756. The third-order valence-electron chi connectivity index (χ3n) is 4.74. The summed E-state index contributed by atoms with van der Waals surface area (Å²) in [4.78, 5) is 3.51. The highest BCUT2D eigenvalue weighted by Crippen LogP contribution is 2.38. The van der Waals surface area contributed by atoms with Crippen LogP contribution in [0.3, 0.4) is 0 Å². The molecule has 2 aromatic carbocycles. The van der Waals surface area contributed by atoms with E-state index in [-0.39, 0.29) is 11.9 Å². The number of aromatic amines is 1. The summed E-state index contributed by atoms with van der Waals surface area (Å²) in [6, 6.07) is 10.6. The Hall–Kier alpha value is -2.53. The van der Waals surface area contributed by atoms with E-state index in [0.717, 1.165) is 35.5 Å². The van der Waals surface area contributed by atoms with E-state index in [0.29, 0.717) is 12.4 Å². The standard InChI is InChI=1S/C20H21FN2O2/c1-3-25-13-5-6-17-15(11-13)14-8-9-22-19(20(14)23-17)16-10-12(21)4-7-18(16)24-2/h4-7,10-11,19,22-23H,3,8-9H2,1-2H3. The fourth-order valence-electron chi connectivity index (χ4n) is 3.66. The highest BCUT2D eigenvalue weighted by Gasteiger charge is 2.27. The second-order valence-electron chi connectivity index (χ2n) is 6.18. The normalized spacial score (nSPS) is 16.7. The molecule has 2 heterocycles. The van der Waals surface area contributed by atoms with Crippen molar-refractivity contribution in [1.29, 1.82) is 0 Å². The maximum absolute atomic E-state index is 13.8. The second-order valence-corrected chi connectivity index (χ2v) is 6.18. The van der Waals surface area contributed by atoms with Gasteiger partial charge in [0, 0.05) is 28.7 Å². The van der Waals surface area contributed by atoms with E-state index in [4.69, 9.17) is 9.47 Å². The van der Waals surface area contributed by atoms with E-state index in [1.165, 1.54) is 17.0 Å². The monoisotopic (exact) mass is 340 g/mol. The number of fused-ring (bicyclic) bond motifs is 3.